The van der Waals surface area contributed by atoms with Gasteiger partial charge < -0.3 is 20.1 Å². The van der Waals surface area contributed by atoms with Crippen LogP contribution in [0.5, 0.6) is 5.75 Å². The van der Waals surface area contributed by atoms with E-state index in [0.29, 0.717) is 19.3 Å². The molecule has 0 heterocycles. The Balaban J connectivity index is 1.12. The lowest BCUT2D eigenvalue weighted by atomic mass is 9.44. The number of rotatable bonds is 8. The molecule has 11 heteroatoms. The van der Waals surface area contributed by atoms with Crippen LogP contribution in [0.4, 0.5) is 17.6 Å². The van der Waals surface area contributed by atoms with Crippen molar-refractivity contribution in [2.24, 2.45) is 5.92 Å². The van der Waals surface area contributed by atoms with Crippen LogP contribution in [-0.2, 0) is 14.3 Å². The van der Waals surface area contributed by atoms with E-state index in [9.17, 15) is 27.2 Å². The molecule has 2 N–H and O–H groups in total. The summed E-state index contributed by atoms with van der Waals surface area (Å²) in [5.74, 6) is -2.53. The number of alkyl halides is 3. The summed E-state index contributed by atoms with van der Waals surface area (Å²) in [5, 5.41) is 5.68. The Bertz CT molecular complexity index is 869. The van der Waals surface area contributed by atoms with Gasteiger partial charge in [0.15, 0.2) is 6.61 Å². The number of carbonyl (C=O) groups is 2. The van der Waals surface area contributed by atoms with Crippen LogP contribution in [0, 0.1) is 11.7 Å². The van der Waals surface area contributed by atoms with Crippen molar-refractivity contribution in [3.8, 4) is 5.75 Å². The van der Waals surface area contributed by atoms with Crippen molar-refractivity contribution in [1.29, 1.82) is 0 Å². The summed E-state index contributed by atoms with van der Waals surface area (Å²) in [6, 6.07) is 3.89. The molecule has 0 saturated heterocycles. The molecule has 0 spiro atoms. The molecule has 4 aliphatic carbocycles. The third-order valence-electron chi connectivity index (χ3n) is 6.11. The van der Waals surface area contributed by atoms with Crippen LogP contribution in [0.1, 0.15) is 32.1 Å². The number of hydrogen-bond donors (Lipinski definition) is 2. The van der Waals surface area contributed by atoms with Gasteiger partial charge in [-0.25, -0.2) is 4.39 Å². The Kier molecular flexibility index (Phi) is 5.58. The molecule has 0 radical (unpaired) electrons. The van der Waals surface area contributed by atoms with Crippen molar-refractivity contribution in [2.45, 2.75) is 55.5 Å². The SMILES string of the molecule is O=C(COc1ccc(Cl)c(F)c1)NC12CC(NC(=O)CO[C@H]3C[C@H](C(F)(F)F)C3)(C1)C2. The van der Waals surface area contributed by atoms with Gasteiger partial charge in [0, 0.05) is 17.1 Å². The normalized spacial score (nSPS) is 31.0. The van der Waals surface area contributed by atoms with Crippen LogP contribution in [0.15, 0.2) is 18.2 Å². The van der Waals surface area contributed by atoms with Gasteiger partial charge in [-0.2, -0.15) is 13.2 Å². The van der Waals surface area contributed by atoms with Gasteiger partial charge in [0.1, 0.15) is 18.2 Å². The van der Waals surface area contributed by atoms with Gasteiger partial charge in [-0.1, -0.05) is 11.6 Å². The molecule has 1 aromatic rings. The number of hydrogen-bond acceptors (Lipinski definition) is 4. The lowest BCUT2D eigenvalue weighted by Crippen LogP contribution is -2.84. The molecule has 4 fully saturated rings. The molecular weight excluding hydrogens is 444 g/mol. The largest absolute Gasteiger partial charge is 0.484 e. The van der Waals surface area contributed by atoms with E-state index in [-0.39, 0.29) is 48.6 Å². The van der Waals surface area contributed by atoms with Crippen LogP contribution in [0.3, 0.4) is 0 Å². The zero-order chi connectivity index (χ0) is 22.4. The van der Waals surface area contributed by atoms with E-state index in [2.05, 4.69) is 10.6 Å². The van der Waals surface area contributed by atoms with Gasteiger partial charge in [0.2, 0.25) is 5.91 Å². The van der Waals surface area contributed by atoms with Crippen LogP contribution in [-0.4, -0.2) is 48.4 Å². The molecule has 5 rings (SSSR count). The van der Waals surface area contributed by atoms with E-state index in [1.165, 1.54) is 12.1 Å². The van der Waals surface area contributed by atoms with E-state index in [0.717, 1.165) is 6.07 Å². The quantitative estimate of drug-likeness (QED) is 0.580. The summed E-state index contributed by atoms with van der Waals surface area (Å²) < 4.78 is 61.2. The van der Waals surface area contributed by atoms with Crippen LogP contribution in [0.25, 0.3) is 0 Å². The summed E-state index contributed by atoms with van der Waals surface area (Å²) in [7, 11) is 0. The van der Waals surface area contributed by atoms with Gasteiger partial charge in [-0.15, -0.1) is 0 Å². The maximum absolute atomic E-state index is 13.4. The van der Waals surface area contributed by atoms with Crippen molar-refractivity contribution in [2.75, 3.05) is 13.2 Å². The Hall–Kier alpha value is -2.07. The molecule has 31 heavy (non-hydrogen) atoms. The maximum Gasteiger partial charge on any atom is 0.392 e. The lowest BCUT2D eigenvalue weighted by Gasteiger charge is -2.70. The number of benzene rings is 1. The second-order valence-electron chi connectivity index (χ2n) is 8.69. The van der Waals surface area contributed by atoms with Crippen molar-refractivity contribution in [3.05, 3.63) is 29.0 Å². The highest BCUT2D eigenvalue weighted by atomic mass is 35.5. The van der Waals surface area contributed by atoms with E-state index in [4.69, 9.17) is 21.1 Å². The molecule has 0 aliphatic heterocycles. The summed E-state index contributed by atoms with van der Waals surface area (Å²) in [6.07, 6.45) is -3.27. The Labute approximate surface area is 180 Å². The summed E-state index contributed by atoms with van der Waals surface area (Å²) >= 11 is 5.59. The number of nitrogens with one attached hydrogen (secondary N) is 2. The molecule has 4 aliphatic rings. The molecule has 0 unspecified atom stereocenters. The van der Waals surface area contributed by atoms with Gasteiger partial charge >= 0.3 is 6.18 Å². The molecule has 4 saturated carbocycles. The average molecular weight is 465 g/mol. The molecule has 1 aromatic carbocycles. The van der Waals surface area contributed by atoms with Crippen molar-refractivity contribution in [3.63, 3.8) is 0 Å². The summed E-state index contributed by atoms with van der Waals surface area (Å²) in [6.45, 7) is -0.557. The van der Waals surface area contributed by atoms with Crippen LogP contribution < -0.4 is 15.4 Å². The Morgan fingerprint density at radius 3 is 2.19 bits per heavy atom. The van der Waals surface area contributed by atoms with Crippen molar-refractivity contribution in [1.82, 2.24) is 10.6 Å². The zero-order valence-electron chi connectivity index (χ0n) is 16.4. The van der Waals surface area contributed by atoms with E-state index >= 15 is 0 Å². The molecule has 2 amide bonds. The first kappa shape index (κ1) is 22.1. The molecular formula is C20H21ClF4N2O4. The summed E-state index contributed by atoms with van der Waals surface area (Å²) in [5.41, 5.74) is -0.796. The van der Waals surface area contributed by atoms with Gasteiger partial charge in [0.25, 0.3) is 5.91 Å². The van der Waals surface area contributed by atoms with E-state index in [1.807, 2.05) is 0 Å². The lowest BCUT2D eigenvalue weighted by molar-refractivity contribution is -0.220. The highest BCUT2D eigenvalue weighted by molar-refractivity contribution is 6.30. The minimum absolute atomic E-state index is 0.0402. The fourth-order valence-electron chi connectivity index (χ4n) is 4.59. The van der Waals surface area contributed by atoms with Crippen LogP contribution in [0.2, 0.25) is 5.02 Å². The monoisotopic (exact) mass is 464 g/mol. The summed E-state index contributed by atoms with van der Waals surface area (Å²) in [4.78, 5) is 24.1. The second-order valence-corrected chi connectivity index (χ2v) is 9.10. The molecule has 0 aromatic heterocycles. The van der Waals surface area contributed by atoms with Crippen molar-refractivity contribution >= 4 is 23.4 Å². The number of amides is 2. The maximum atomic E-state index is 13.4. The molecule has 2 bridgehead atoms. The smallest absolute Gasteiger partial charge is 0.392 e. The third-order valence-corrected chi connectivity index (χ3v) is 6.41. The number of carbonyl (C=O) groups excluding carboxylic acids is 2. The Morgan fingerprint density at radius 1 is 1.06 bits per heavy atom. The van der Waals surface area contributed by atoms with E-state index < -0.39 is 35.1 Å². The molecule has 0 atom stereocenters. The second kappa shape index (κ2) is 7.81. The third kappa shape index (κ3) is 4.74. The highest BCUT2D eigenvalue weighted by Crippen LogP contribution is 2.60. The predicted octanol–water partition coefficient (Wildman–Crippen LogP) is 3.12. The average Bonchev–Trinajstić information content (AvgIpc) is 2.57. The minimum Gasteiger partial charge on any atom is -0.484 e. The first-order valence-electron chi connectivity index (χ1n) is 9.86. The van der Waals surface area contributed by atoms with Crippen LogP contribution >= 0.6 is 11.6 Å². The van der Waals surface area contributed by atoms with Gasteiger partial charge in [0.05, 0.1) is 17.0 Å². The standard InChI is InChI=1S/C20H21ClF4N2O4/c21-14-2-1-12(5-15(14)22)30-6-16(28)26-18-8-19(9-18,10-18)27-17(29)7-31-13-3-11(4-13)20(23,24)25/h1-2,5,11,13H,3-4,6-10H2,(H,26,28)(H,27,29)/t11-,13-,18?,19?. The number of halogens is 5. The first-order valence-corrected chi connectivity index (χ1v) is 10.2. The Morgan fingerprint density at radius 2 is 1.65 bits per heavy atom. The molecule has 6 nitrogen and oxygen atoms in total. The van der Waals surface area contributed by atoms with Gasteiger partial charge in [-0.3, -0.25) is 9.59 Å². The fourth-order valence-corrected chi connectivity index (χ4v) is 4.71. The highest BCUT2D eigenvalue weighted by Gasteiger charge is 2.69. The molecule has 170 valence electrons. The fraction of sp³-hybridized carbons (Fsp3) is 0.600. The number of ether oxygens (including phenoxy) is 2. The predicted molar refractivity (Wildman–Crippen MR) is 101 cm³/mol. The van der Waals surface area contributed by atoms with Gasteiger partial charge in [-0.05, 0) is 44.2 Å². The zero-order valence-corrected chi connectivity index (χ0v) is 17.1. The topological polar surface area (TPSA) is 76.7 Å². The van der Waals surface area contributed by atoms with E-state index in [1.54, 1.807) is 0 Å². The first-order chi connectivity index (χ1) is 14.5. The minimum atomic E-state index is -4.21. The van der Waals surface area contributed by atoms with Crippen molar-refractivity contribution < 1.29 is 36.6 Å².